The number of esters is 1. The van der Waals surface area contributed by atoms with Crippen LogP contribution in [0, 0.1) is 0 Å². The second kappa shape index (κ2) is 6.76. The zero-order valence-corrected chi connectivity index (χ0v) is 13.8. The highest BCUT2D eigenvalue weighted by Crippen LogP contribution is 2.25. The lowest BCUT2D eigenvalue weighted by molar-refractivity contribution is -0.134. The Morgan fingerprint density at radius 1 is 0.923 bits per heavy atom. The monoisotopic (exact) mass is 345 g/mol. The zero-order chi connectivity index (χ0) is 17.9. The second-order valence-electron chi connectivity index (χ2n) is 5.84. The van der Waals surface area contributed by atoms with E-state index in [1.807, 2.05) is 36.4 Å². The quantitative estimate of drug-likeness (QED) is 0.420. The molecule has 3 aromatic carbocycles. The van der Waals surface area contributed by atoms with Crippen LogP contribution in [0.2, 0.25) is 0 Å². The molecular formula is C20H15N3O3. The highest BCUT2D eigenvalue weighted by molar-refractivity contribution is 5.90. The van der Waals surface area contributed by atoms with Gasteiger partial charge in [0.15, 0.2) is 0 Å². The number of rotatable bonds is 4. The van der Waals surface area contributed by atoms with E-state index in [1.54, 1.807) is 30.3 Å². The molecule has 0 amide bonds. The minimum atomic E-state index is -0.428. The molecule has 0 fully saturated rings. The normalized spacial score (nSPS) is 10.9. The van der Waals surface area contributed by atoms with Gasteiger partial charge in [0, 0.05) is 5.39 Å². The van der Waals surface area contributed by atoms with E-state index in [-0.39, 0.29) is 18.5 Å². The Morgan fingerprint density at radius 3 is 2.54 bits per heavy atom. The van der Waals surface area contributed by atoms with Crippen LogP contribution in [-0.4, -0.2) is 21.0 Å². The second-order valence-corrected chi connectivity index (χ2v) is 5.84. The van der Waals surface area contributed by atoms with Gasteiger partial charge in [0.2, 0.25) is 0 Å². The molecule has 4 rings (SSSR count). The summed E-state index contributed by atoms with van der Waals surface area (Å²) in [4.78, 5) is 24.6. The molecule has 128 valence electrons. The molecule has 6 heteroatoms. The molecule has 0 aliphatic carbocycles. The Kier molecular flexibility index (Phi) is 4.15. The number of aryl methyl sites for hydroxylation is 1. The summed E-state index contributed by atoms with van der Waals surface area (Å²) in [7, 11) is 0. The van der Waals surface area contributed by atoms with Crippen LogP contribution in [0.25, 0.3) is 21.7 Å². The number of carbonyl (C=O) groups excluding carboxylic acids is 1. The fourth-order valence-electron chi connectivity index (χ4n) is 2.83. The number of hydrogen-bond acceptors (Lipinski definition) is 5. The van der Waals surface area contributed by atoms with Crippen LogP contribution in [0.3, 0.4) is 0 Å². The summed E-state index contributed by atoms with van der Waals surface area (Å²) in [6, 6.07) is 20.2. The Bertz CT molecular complexity index is 1160. The van der Waals surface area contributed by atoms with E-state index in [0.29, 0.717) is 16.7 Å². The molecule has 0 saturated carbocycles. The molecule has 0 saturated heterocycles. The van der Waals surface area contributed by atoms with Crippen LogP contribution in [-0.2, 0) is 11.3 Å². The summed E-state index contributed by atoms with van der Waals surface area (Å²) in [6.45, 7) is 0.111. The fourth-order valence-corrected chi connectivity index (χ4v) is 2.83. The van der Waals surface area contributed by atoms with E-state index in [9.17, 15) is 9.59 Å². The van der Waals surface area contributed by atoms with Crippen LogP contribution >= 0.6 is 0 Å². The van der Waals surface area contributed by atoms with Crippen LogP contribution < -0.4 is 10.3 Å². The zero-order valence-electron chi connectivity index (χ0n) is 13.8. The SMILES string of the molecule is O=C(CCn1nnc2ccccc2c1=O)Oc1cccc2ccccc12. The summed E-state index contributed by atoms with van der Waals surface area (Å²) in [5.74, 6) is 0.0771. The van der Waals surface area contributed by atoms with Gasteiger partial charge in [-0.3, -0.25) is 9.59 Å². The van der Waals surface area contributed by atoms with Gasteiger partial charge in [0.05, 0.1) is 18.4 Å². The molecule has 1 heterocycles. The topological polar surface area (TPSA) is 74.1 Å². The van der Waals surface area contributed by atoms with Crippen molar-refractivity contribution in [3.05, 3.63) is 77.1 Å². The van der Waals surface area contributed by atoms with Crippen molar-refractivity contribution in [3.63, 3.8) is 0 Å². The molecular weight excluding hydrogens is 330 g/mol. The van der Waals surface area contributed by atoms with Crippen molar-refractivity contribution in [2.24, 2.45) is 0 Å². The van der Waals surface area contributed by atoms with E-state index >= 15 is 0 Å². The summed E-state index contributed by atoms with van der Waals surface area (Å²) in [5.41, 5.74) is 0.264. The Morgan fingerprint density at radius 2 is 1.65 bits per heavy atom. The van der Waals surface area contributed by atoms with Gasteiger partial charge >= 0.3 is 5.97 Å². The summed E-state index contributed by atoms with van der Waals surface area (Å²) < 4.78 is 6.66. The lowest BCUT2D eigenvalue weighted by Gasteiger charge is -2.08. The highest BCUT2D eigenvalue weighted by atomic mass is 16.5. The van der Waals surface area contributed by atoms with Crippen LogP contribution in [0.15, 0.2) is 71.5 Å². The third-order valence-corrected chi connectivity index (χ3v) is 4.13. The van der Waals surface area contributed by atoms with E-state index in [0.717, 1.165) is 10.8 Å². The molecule has 4 aromatic rings. The van der Waals surface area contributed by atoms with Crippen molar-refractivity contribution in [1.29, 1.82) is 0 Å². The van der Waals surface area contributed by atoms with Gasteiger partial charge in [0.25, 0.3) is 5.56 Å². The summed E-state index contributed by atoms with van der Waals surface area (Å²) >= 11 is 0. The van der Waals surface area contributed by atoms with Gasteiger partial charge < -0.3 is 4.74 Å². The van der Waals surface area contributed by atoms with Crippen LogP contribution in [0.1, 0.15) is 6.42 Å². The van der Waals surface area contributed by atoms with Crippen molar-refractivity contribution in [2.75, 3.05) is 0 Å². The van der Waals surface area contributed by atoms with Crippen molar-refractivity contribution in [3.8, 4) is 5.75 Å². The van der Waals surface area contributed by atoms with E-state index in [4.69, 9.17) is 4.74 Å². The van der Waals surface area contributed by atoms with Crippen molar-refractivity contribution >= 4 is 27.6 Å². The molecule has 0 spiro atoms. The Balaban J connectivity index is 1.51. The molecule has 0 N–H and O–H groups in total. The lowest BCUT2D eigenvalue weighted by atomic mass is 10.1. The molecule has 26 heavy (non-hydrogen) atoms. The van der Waals surface area contributed by atoms with Gasteiger partial charge in [-0.05, 0) is 23.6 Å². The van der Waals surface area contributed by atoms with Crippen molar-refractivity contribution in [2.45, 2.75) is 13.0 Å². The van der Waals surface area contributed by atoms with E-state index in [2.05, 4.69) is 10.3 Å². The first-order chi connectivity index (χ1) is 12.7. The molecule has 0 unspecified atom stereocenters. The van der Waals surface area contributed by atoms with Gasteiger partial charge in [0.1, 0.15) is 11.3 Å². The molecule has 0 bridgehead atoms. The van der Waals surface area contributed by atoms with Crippen molar-refractivity contribution < 1.29 is 9.53 Å². The van der Waals surface area contributed by atoms with Gasteiger partial charge in [-0.2, -0.15) is 0 Å². The number of nitrogens with zero attached hydrogens (tertiary/aromatic N) is 3. The molecule has 0 aliphatic heterocycles. The van der Waals surface area contributed by atoms with Gasteiger partial charge in [-0.25, -0.2) is 4.68 Å². The molecule has 0 radical (unpaired) electrons. The van der Waals surface area contributed by atoms with Gasteiger partial charge in [-0.15, -0.1) is 5.10 Å². The average Bonchev–Trinajstić information content (AvgIpc) is 2.68. The van der Waals surface area contributed by atoms with Gasteiger partial charge in [-0.1, -0.05) is 53.7 Å². The minimum Gasteiger partial charge on any atom is -0.426 e. The largest absolute Gasteiger partial charge is 0.426 e. The van der Waals surface area contributed by atoms with Crippen molar-refractivity contribution in [1.82, 2.24) is 15.0 Å². The standard InChI is InChI=1S/C20H15N3O3/c24-19(26-18-11-5-7-14-6-1-2-8-15(14)18)12-13-23-20(25)16-9-3-4-10-17(16)21-22-23/h1-11H,12-13H2. The maximum absolute atomic E-state index is 12.4. The first-order valence-electron chi connectivity index (χ1n) is 8.23. The number of fused-ring (bicyclic) bond motifs is 2. The molecule has 0 atom stereocenters. The number of hydrogen-bond donors (Lipinski definition) is 0. The predicted octanol–water partition coefficient (Wildman–Crippen LogP) is 2.94. The third kappa shape index (κ3) is 3.04. The van der Waals surface area contributed by atoms with Crippen LogP contribution in [0.4, 0.5) is 0 Å². The summed E-state index contributed by atoms with van der Waals surface area (Å²) in [6.07, 6.45) is 0.0240. The lowest BCUT2D eigenvalue weighted by Crippen LogP contribution is -2.26. The average molecular weight is 345 g/mol. The molecule has 0 aliphatic rings. The highest BCUT2D eigenvalue weighted by Gasteiger charge is 2.11. The number of ether oxygens (including phenoxy) is 1. The summed E-state index contributed by atoms with van der Waals surface area (Å²) in [5, 5.41) is 10.2. The fraction of sp³-hybridized carbons (Fsp3) is 0.100. The minimum absolute atomic E-state index is 0.0240. The Labute approximate surface area is 148 Å². The predicted molar refractivity (Wildman–Crippen MR) is 98.0 cm³/mol. The first kappa shape index (κ1) is 16.0. The number of aromatic nitrogens is 3. The maximum atomic E-state index is 12.4. The first-order valence-corrected chi connectivity index (χ1v) is 8.23. The molecule has 6 nitrogen and oxygen atoms in total. The Hall–Kier alpha value is -3.54. The van der Waals surface area contributed by atoms with E-state index < -0.39 is 5.97 Å². The maximum Gasteiger partial charge on any atom is 0.313 e. The smallest absolute Gasteiger partial charge is 0.313 e. The molecule has 1 aromatic heterocycles. The number of carbonyl (C=O) groups is 1. The third-order valence-electron chi connectivity index (χ3n) is 4.13. The van der Waals surface area contributed by atoms with Crippen LogP contribution in [0.5, 0.6) is 5.75 Å². The number of benzene rings is 3. The van der Waals surface area contributed by atoms with E-state index in [1.165, 1.54) is 4.68 Å².